The van der Waals surface area contributed by atoms with Crippen molar-refractivity contribution in [3.05, 3.63) is 97.7 Å². The zero-order valence-electron chi connectivity index (χ0n) is 19.0. The molecule has 35 heavy (non-hydrogen) atoms. The van der Waals surface area contributed by atoms with E-state index >= 15 is 0 Å². The lowest BCUT2D eigenvalue weighted by Gasteiger charge is -2.31. The minimum absolute atomic E-state index is 0.112. The molecule has 182 valence electrons. The highest BCUT2D eigenvalue weighted by atomic mass is 79.9. The van der Waals surface area contributed by atoms with Crippen LogP contribution in [0.15, 0.2) is 71.3 Å². The molecule has 0 saturated heterocycles. The van der Waals surface area contributed by atoms with E-state index in [-0.39, 0.29) is 16.4 Å². The summed E-state index contributed by atoms with van der Waals surface area (Å²) in [6.07, 6.45) is 4.09. The van der Waals surface area contributed by atoms with Crippen LogP contribution >= 0.6 is 27.5 Å². The van der Waals surface area contributed by atoms with Gasteiger partial charge in [-0.2, -0.15) is 0 Å². The highest BCUT2D eigenvalue weighted by Gasteiger charge is 2.33. The van der Waals surface area contributed by atoms with E-state index in [4.69, 9.17) is 11.6 Å². The van der Waals surface area contributed by atoms with Crippen molar-refractivity contribution in [2.24, 2.45) is 0 Å². The van der Waals surface area contributed by atoms with Crippen LogP contribution in [0.5, 0.6) is 0 Å². The predicted molar refractivity (Wildman–Crippen MR) is 139 cm³/mol. The normalized spacial score (nSPS) is 11.5. The van der Waals surface area contributed by atoms with E-state index in [0.29, 0.717) is 17.8 Å². The van der Waals surface area contributed by atoms with Gasteiger partial charge in [-0.1, -0.05) is 47.3 Å². The Hall–Kier alpha value is -3.30. The zero-order chi connectivity index (χ0) is 25.4. The van der Waals surface area contributed by atoms with Crippen LogP contribution in [0, 0.1) is 10.1 Å². The maximum atomic E-state index is 13.8. The molecule has 1 unspecified atom stereocenters. The van der Waals surface area contributed by atoms with E-state index in [2.05, 4.69) is 33.2 Å². The molecular weight excluding hydrogens is 536 g/mol. The minimum Gasteiger partial charge on any atom is -0.354 e. The summed E-state index contributed by atoms with van der Waals surface area (Å²) >= 11 is 9.30. The second kappa shape index (κ2) is 12.4. The molecule has 3 aromatic rings. The first-order valence-corrected chi connectivity index (χ1v) is 12.2. The number of rotatable bonds is 10. The number of anilines is 1. The molecule has 2 aromatic carbocycles. The summed E-state index contributed by atoms with van der Waals surface area (Å²) in [5.74, 6) is -0.864. The molecule has 8 nitrogen and oxygen atoms in total. The highest BCUT2D eigenvalue weighted by Crippen LogP contribution is 2.31. The van der Waals surface area contributed by atoms with E-state index in [0.717, 1.165) is 23.7 Å². The number of nitrogens with one attached hydrogen (secondary N) is 1. The number of hydrogen-bond donors (Lipinski definition) is 1. The molecule has 0 aliphatic heterocycles. The van der Waals surface area contributed by atoms with Crippen LogP contribution in [0.4, 0.5) is 11.4 Å². The molecule has 0 aliphatic rings. The number of halogens is 2. The van der Waals surface area contributed by atoms with Crippen molar-refractivity contribution < 1.29 is 14.5 Å². The van der Waals surface area contributed by atoms with E-state index < -0.39 is 22.8 Å². The van der Waals surface area contributed by atoms with Gasteiger partial charge in [-0.05, 0) is 60.5 Å². The summed E-state index contributed by atoms with van der Waals surface area (Å²) in [7, 11) is 0. The molecule has 2 amide bonds. The maximum absolute atomic E-state index is 13.8. The van der Waals surface area contributed by atoms with Gasteiger partial charge in [-0.25, -0.2) is 4.98 Å². The Balaban J connectivity index is 2.10. The number of nitro benzene ring substituents is 1. The van der Waals surface area contributed by atoms with Gasteiger partial charge in [0.1, 0.15) is 11.2 Å². The average Bonchev–Trinajstić information content (AvgIpc) is 2.86. The predicted octanol–water partition coefficient (Wildman–Crippen LogP) is 6.10. The number of carbonyl (C=O) groups is 2. The molecule has 0 fully saturated rings. The fourth-order valence-corrected chi connectivity index (χ4v) is 3.88. The van der Waals surface area contributed by atoms with Gasteiger partial charge in [0.25, 0.3) is 11.6 Å². The number of amides is 2. The van der Waals surface area contributed by atoms with Crippen molar-refractivity contribution in [1.29, 1.82) is 0 Å². The third kappa shape index (κ3) is 6.86. The van der Waals surface area contributed by atoms with Crippen molar-refractivity contribution in [3.63, 3.8) is 0 Å². The Bertz CT molecular complexity index is 1170. The molecule has 1 N–H and O–H groups in total. The number of hydrogen-bond acceptors (Lipinski definition) is 5. The number of benzene rings is 2. The van der Waals surface area contributed by atoms with Gasteiger partial charge in [0.05, 0.1) is 10.5 Å². The lowest BCUT2D eigenvalue weighted by molar-refractivity contribution is -0.384. The van der Waals surface area contributed by atoms with Crippen molar-refractivity contribution in [2.75, 3.05) is 11.4 Å². The van der Waals surface area contributed by atoms with Crippen molar-refractivity contribution in [1.82, 2.24) is 10.3 Å². The highest BCUT2D eigenvalue weighted by molar-refractivity contribution is 9.10. The van der Waals surface area contributed by atoms with Gasteiger partial charge in [0, 0.05) is 35.0 Å². The largest absolute Gasteiger partial charge is 0.354 e. The van der Waals surface area contributed by atoms with E-state index in [1.165, 1.54) is 47.5 Å². The molecule has 3 rings (SSSR count). The number of unbranched alkanes of at least 4 members (excludes halogenated alkanes) is 2. The van der Waals surface area contributed by atoms with Crippen LogP contribution in [0.2, 0.25) is 5.15 Å². The molecule has 1 heterocycles. The average molecular weight is 560 g/mol. The number of nitro groups is 1. The molecule has 0 bridgehead atoms. The van der Waals surface area contributed by atoms with Gasteiger partial charge in [-0.15, -0.1) is 0 Å². The molecule has 0 spiro atoms. The standard InChI is InChI=1S/C25H24BrClN4O4/c1-2-3-4-15-28-24(32)23(17-5-10-21(11-6-17)31(34)35)30(20-12-8-19(26)9-13-20)25(33)18-7-14-22(27)29-16-18/h5-14,16,23H,2-4,15H2,1H3,(H,28,32). The molecule has 1 atom stereocenters. The molecule has 10 heteroatoms. The lowest BCUT2D eigenvalue weighted by Crippen LogP contribution is -2.44. The van der Waals surface area contributed by atoms with Crippen molar-refractivity contribution in [3.8, 4) is 0 Å². The van der Waals surface area contributed by atoms with Gasteiger partial charge < -0.3 is 5.32 Å². The smallest absolute Gasteiger partial charge is 0.269 e. The van der Waals surface area contributed by atoms with Gasteiger partial charge in [0.15, 0.2) is 0 Å². The molecular formula is C25H24BrClN4O4. The lowest BCUT2D eigenvalue weighted by atomic mass is 10.0. The minimum atomic E-state index is -1.08. The Labute approximate surface area is 216 Å². The SMILES string of the molecule is CCCCCNC(=O)C(c1ccc([N+](=O)[O-])cc1)N(C(=O)c1ccc(Cl)nc1)c1ccc(Br)cc1. The van der Waals surface area contributed by atoms with Crippen LogP contribution in [0.1, 0.15) is 48.1 Å². The van der Waals surface area contributed by atoms with E-state index in [9.17, 15) is 19.7 Å². The van der Waals surface area contributed by atoms with Crippen LogP contribution in [0.3, 0.4) is 0 Å². The zero-order valence-corrected chi connectivity index (χ0v) is 21.3. The first kappa shape index (κ1) is 26.3. The van der Waals surface area contributed by atoms with Crippen LogP contribution < -0.4 is 10.2 Å². The summed E-state index contributed by atoms with van der Waals surface area (Å²) in [5.41, 5.74) is 1.03. The monoisotopic (exact) mass is 558 g/mol. The summed E-state index contributed by atoms with van der Waals surface area (Å²) in [6, 6.07) is 14.5. The topological polar surface area (TPSA) is 105 Å². The summed E-state index contributed by atoms with van der Waals surface area (Å²) in [4.78, 5) is 43.3. The third-order valence-electron chi connectivity index (χ3n) is 5.30. The first-order chi connectivity index (χ1) is 16.8. The second-order valence-corrected chi connectivity index (χ2v) is 9.07. The third-order valence-corrected chi connectivity index (χ3v) is 6.06. The van der Waals surface area contributed by atoms with Gasteiger partial charge in [0.2, 0.25) is 5.91 Å². The summed E-state index contributed by atoms with van der Waals surface area (Å²) in [5, 5.41) is 14.3. The molecule has 1 aromatic heterocycles. The van der Waals surface area contributed by atoms with Gasteiger partial charge in [-0.3, -0.25) is 24.6 Å². The number of carbonyl (C=O) groups excluding carboxylic acids is 2. The van der Waals surface area contributed by atoms with Crippen LogP contribution in [-0.4, -0.2) is 28.3 Å². The van der Waals surface area contributed by atoms with Crippen molar-refractivity contribution >= 4 is 50.7 Å². The Morgan fingerprint density at radius 1 is 1.09 bits per heavy atom. The van der Waals surface area contributed by atoms with Crippen molar-refractivity contribution in [2.45, 2.75) is 32.2 Å². The van der Waals surface area contributed by atoms with E-state index in [1.807, 2.05) is 0 Å². The fraction of sp³-hybridized carbons (Fsp3) is 0.240. The number of nitrogens with zero attached hydrogens (tertiary/aromatic N) is 3. The van der Waals surface area contributed by atoms with Crippen LogP contribution in [0.25, 0.3) is 0 Å². The Kier molecular flexibility index (Phi) is 9.33. The Morgan fingerprint density at radius 3 is 2.34 bits per heavy atom. The number of aromatic nitrogens is 1. The molecule has 0 radical (unpaired) electrons. The number of pyridine rings is 1. The first-order valence-electron chi connectivity index (χ1n) is 11.0. The van der Waals surface area contributed by atoms with Crippen LogP contribution in [-0.2, 0) is 4.79 Å². The Morgan fingerprint density at radius 2 is 1.77 bits per heavy atom. The summed E-state index contributed by atoms with van der Waals surface area (Å²) < 4.78 is 0.803. The summed E-state index contributed by atoms with van der Waals surface area (Å²) in [6.45, 7) is 2.51. The van der Waals surface area contributed by atoms with E-state index in [1.54, 1.807) is 24.3 Å². The second-order valence-electron chi connectivity index (χ2n) is 7.77. The quantitative estimate of drug-likeness (QED) is 0.140. The molecule has 0 aliphatic carbocycles. The maximum Gasteiger partial charge on any atom is 0.269 e. The fourth-order valence-electron chi connectivity index (χ4n) is 3.51. The molecule has 0 saturated carbocycles. The number of non-ortho nitro benzene ring substituents is 1. The van der Waals surface area contributed by atoms with Gasteiger partial charge >= 0.3 is 0 Å².